The molecule has 3 heterocycles. The minimum atomic E-state index is 0.999. The van der Waals surface area contributed by atoms with Gasteiger partial charge in [-0.3, -0.25) is 4.57 Å². The lowest BCUT2D eigenvalue weighted by Crippen LogP contribution is -1.94. The van der Waals surface area contributed by atoms with Crippen LogP contribution in [0.25, 0.3) is 75.4 Å². The molecule has 0 saturated carbocycles. The Kier molecular flexibility index (Phi) is 4.21. The number of para-hydroxylation sites is 3. The quantitative estimate of drug-likeness (QED) is 0.225. The lowest BCUT2D eigenvalue weighted by molar-refractivity contribution is 1.15. The molecule has 0 N–H and O–H groups in total. The predicted molar refractivity (Wildman–Crippen MR) is 166 cm³/mol. The van der Waals surface area contributed by atoms with Gasteiger partial charge in [-0.15, -0.1) is 0 Å². The third-order valence-electron chi connectivity index (χ3n) is 7.91. The Hall–Kier alpha value is -4.93. The van der Waals surface area contributed by atoms with Crippen molar-refractivity contribution in [1.29, 1.82) is 0 Å². The van der Waals surface area contributed by atoms with Crippen LogP contribution in [-0.4, -0.2) is 14.1 Å². The number of rotatable bonds is 2. The molecule has 0 aliphatic carbocycles. The van der Waals surface area contributed by atoms with Crippen LogP contribution in [0, 0.1) is 0 Å². The van der Waals surface area contributed by atoms with Gasteiger partial charge in [-0.25, -0.2) is 4.98 Å². The third kappa shape index (κ3) is 2.95. The van der Waals surface area contributed by atoms with Crippen LogP contribution >= 0.6 is 11.3 Å². The summed E-state index contributed by atoms with van der Waals surface area (Å²) in [6.07, 6.45) is 0. The molecule has 3 nitrogen and oxygen atoms in total. The van der Waals surface area contributed by atoms with E-state index >= 15 is 0 Å². The monoisotopic (exact) mass is 515 g/mol. The zero-order valence-electron chi connectivity index (χ0n) is 20.9. The van der Waals surface area contributed by atoms with Crippen molar-refractivity contribution < 1.29 is 0 Å². The SMILES string of the molecule is c1ccc(-n2c3cc4ccccc4cc3c3cc4c(cc32)c2ccccc2n4-c2nc3ccccc3s2)cc1. The zero-order chi connectivity index (χ0) is 25.5. The predicted octanol–water partition coefficient (Wildman–Crippen LogP) is 9.64. The van der Waals surface area contributed by atoms with E-state index in [1.807, 2.05) is 0 Å². The van der Waals surface area contributed by atoms with Gasteiger partial charge < -0.3 is 4.57 Å². The molecule has 6 aromatic carbocycles. The van der Waals surface area contributed by atoms with Crippen molar-refractivity contribution >= 4 is 75.9 Å². The van der Waals surface area contributed by atoms with E-state index in [0.717, 1.165) is 10.6 Å². The van der Waals surface area contributed by atoms with Crippen LogP contribution < -0.4 is 0 Å². The Labute approximate surface area is 227 Å². The summed E-state index contributed by atoms with van der Waals surface area (Å²) in [6.45, 7) is 0. The number of benzene rings is 6. The van der Waals surface area contributed by atoms with Gasteiger partial charge in [0.25, 0.3) is 0 Å². The molecular weight excluding hydrogens is 494 g/mol. The zero-order valence-corrected chi connectivity index (χ0v) is 21.7. The van der Waals surface area contributed by atoms with Gasteiger partial charge in [-0.2, -0.15) is 0 Å². The Morgan fingerprint density at radius 3 is 1.92 bits per heavy atom. The van der Waals surface area contributed by atoms with Crippen LogP contribution in [0.5, 0.6) is 0 Å². The van der Waals surface area contributed by atoms with Crippen LogP contribution in [0.2, 0.25) is 0 Å². The number of hydrogen-bond acceptors (Lipinski definition) is 2. The molecule has 39 heavy (non-hydrogen) atoms. The van der Waals surface area contributed by atoms with Crippen LogP contribution in [-0.2, 0) is 0 Å². The van der Waals surface area contributed by atoms with E-state index < -0.39 is 0 Å². The normalized spacial score (nSPS) is 12.1. The summed E-state index contributed by atoms with van der Waals surface area (Å²) >= 11 is 1.74. The Balaban J connectivity index is 1.48. The Morgan fingerprint density at radius 2 is 1.08 bits per heavy atom. The first kappa shape index (κ1) is 21.1. The summed E-state index contributed by atoms with van der Waals surface area (Å²) in [6, 6.07) is 45.9. The topological polar surface area (TPSA) is 22.8 Å². The molecule has 0 fully saturated rings. The van der Waals surface area contributed by atoms with Crippen LogP contribution in [0.15, 0.2) is 127 Å². The highest BCUT2D eigenvalue weighted by atomic mass is 32.1. The highest BCUT2D eigenvalue weighted by Gasteiger charge is 2.20. The number of hydrogen-bond donors (Lipinski definition) is 0. The molecule has 0 spiro atoms. The maximum atomic E-state index is 5.07. The molecule has 0 radical (unpaired) electrons. The fraction of sp³-hybridized carbons (Fsp3) is 0. The second kappa shape index (κ2) is 7.79. The minimum Gasteiger partial charge on any atom is -0.309 e. The summed E-state index contributed by atoms with van der Waals surface area (Å²) in [5.74, 6) is 0. The molecule has 0 amide bonds. The third-order valence-corrected chi connectivity index (χ3v) is 8.94. The molecule has 182 valence electrons. The molecule has 0 aliphatic rings. The van der Waals surface area contributed by atoms with Crippen molar-refractivity contribution in [2.75, 3.05) is 0 Å². The van der Waals surface area contributed by atoms with Crippen LogP contribution in [0.1, 0.15) is 0 Å². The summed E-state index contributed by atoms with van der Waals surface area (Å²) in [5, 5.41) is 8.49. The molecule has 0 saturated heterocycles. The molecule has 0 bridgehead atoms. The van der Waals surface area contributed by atoms with E-state index in [1.54, 1.807) is 11.3 Å². The molecule has 0 unspecified atom stereocenters. The van der Waals surface area contributed by atoms with Gasteiger partial charge in [0.05, 0.1) is 32.3 Å². The largest absolute Gasteiger partial charge is 0.309 e. The van der Waals surface area contributed by atoms with Gasteiger partial charge in [0.2, 0.25) is 0 Å². The van der Waals surface area contributed by atoms with Crippen molar-refractivity contribution in [1.82, 2.24) is 14.1 Å². The average molecular weight is 516 g/mol. The number of thiazole rings is 1. The molecular formula is C35H21N3S. The standard InChI is InChI=1S/C35H21N3S/c1-2-12-24(13-3-1)37-31-19-23-11-5-4-10-22(23)18-26(31)28-21-33-27(20-32(28)37)25-14-6-8-16-30(25)38(33)35-36-29-15-7-9-17-34(29)39-35/h1-21H. The van der Waals surface area contributed by atoms with E-state index in [9.17, 15) is 0 Å². The number of aromatic nitrogens is 3. The first-order chi connectivity index (χ1) is 19.3. The second-order valence-corrected chi connectivity index (χ2v) is 11.1. The smallest absolute Gasteiger partial charge is 0.195 e. The maximum Gasteiger partial charge on any atom is 0.195 e. The van der Waals surface area contributed by atoms with E-state index in [2.05, 4.69) is 137 Å². The lowest BCUT2D eigenvalue weighted by atomic mass is 10.1. The highest BCUT2D eigenvalue weighted by molar-refractivity contribution is 7.20. The highest BCUT2D eigenvalue weighted by Crippen LogP contribution is 2.41. The number of fused-ring (bicyclic) bond motifs is 8. The fourth-order valence-electron chi connectivity index (χ4n) is 6.18. The van der Waals surface area contributed by atoms with E-state index in [1.165, 1.54) is 64.8 Å². The van der Waals surface area contributed by atoms with E-state index in [4.69, 9.17) is 4.98 Å². The second-order valence-electron chi connectivity index (χ2n) is 10.1. The Morgan fingerprint density at radius 1 is 0.462 bits per heavy atom. The molecule has 0 atom stereocenters. The molecule has 9 rings (SSSR count). The summed E-state index contributed by atoms with van der Waals surface area (Å²) in [5.41, 5.74) is 7.01. The first-order valence-corrected chi connectivity index (χ1v) is 14.0. The van der Waals surface area contributed by atoms with Crippen LogP contribution in [0.3, 0.4) is 0 Å². The molecule has 4 heteroatoms. The maximum absolute atomic E-state index is 5.07. The summed E-state index contributed by atoms with van der Waals surface area (Å²) in [4.78, 5) is 5.07. The minimum absolute atomic E-state index is 0.999. The van der Waals surface area contributed by atoms with E-state index in [-0.39, 0.29) is 0 Å². The van der Waals surface area contributed by atoms with Crippen molar-refractivity contribution in [2.24, 2.45) is 0 Å². The van der Waals surface area contributed by atoms with Gasteiger partial charge >= 0.3 is 0 Å². The van der Waals surface area contributed by atoms with Gasteiger partial charge in [-0.1, -0.05) is 84.1 Å². The molecule has 0 aliphatic heterocycles. The van der Waals surface area contributed by atoms with Crippen molar-refractivity contribution in [3.05, 3.63) is 127 Å². The number of nitrogens with zero attached hydrogens (tertiary/aromatic N) is 3. The van der Waals surface area contributed by atoms with Crippen molar-refractivity contribution in [3.8, 4) is 10.8 Å². The Bertz CT molecular complexity index is 2360. The van der Waals surface area contributed by atoms with Gasteiger partial charge in [0, 0.05) is 27.2 Å². The van der Waals surface area contributed by atoms with E-state index in [0.29, 0.717) is 0 Å². The summed E-state index contributed by atoms with van der Waals surface area (Å²) in [7, 11) is 0. The fourth-order valence-corrected chi connectivity index (χ4v) is 7.17. The van der Waals surface area contributed by atoms with Crippen molar-refractivity contribution in [2.45, 2.75) is 0 Å². The van der Waals surface area contributed by atoms with Gasteiger partial charge in [0.15, 0.2) is 5.13 Å². The molecule has 3 aromatic heterocycles. The lowest BCUT2D eigenvalue weighted by Gasteiger charge is -2.08. The average Bonchev–Trinajstić information content (AvgIpc) is 3.64. The molecule has 9 aromatic rings. The summed E-state index contributed by atoms with van der Waals surface area (Å²) < 4.78 is 5.97. The van der Waals surface area contributed by atoms with Gasteiger partial charge in [0.1, 0.15) is 0 Å². The van der Waals surface area contributed by atoms with Crippen LogP contribution in [0.4, 0.5) is 0 Å². The van der Waals surface area contributed by atoms with Crippen molar-refractivity contribution in [3.63, 3.8) is 0 Å². The first-order valence-electron chi connectivity index (χ1n) is 13.1. The van der Waals surface area contributed by atoms with Gasteiger partial charge in [-0.05, 0) is 65.4 Å².